The van der Waals surface area contributed by atoms with Crippen molar-refractivity contribution in [3.05, 3.63) is 0 Å². The van der Waals surface area contributed by atoms with Crippen LogP contribution in [0.1, 0.15) is 64.7 Å². The number of amides is 1. The molecular weight excluding hydrogens is 336 g/mol. The summed E-state index contributed by atoms with van der Waals surface area (Å²) >= 11 is 0. The van der Waals surface area contributed by atoms with E-state index in [-0.39, 0.29) is 23.1 Å². The normalized spacial score (nSPS) is 41.0. The average molecular weight is 369 g/mol. The summed E-state index contributed by atoms with van der Waals surface area (Å²) in [6, 6.07) is 0. The van der Waals surface area contributed by atoms with Gasteiger partial charge in [0, 0.05) is 18.6 Å². The van der Waals surface area contributed by atoms with E-state index < -0.39 is 10.0 Å². The Bertz CT molecular complexity index is 595. The first kappa shape index (κ1) is 17.8. The van der Waals surface area contributed by atoms with Gasteiger partial charge in [-0.1, -0.05) is 6.92 Å². The summed E-state index contributed by atoms with van der Waals surface area (Å²) < 4.78 is 26.3. The van der Waals surface area contributed by atoms with Crippen LogP contribution in [0, 0.1) is 23.7 Å². The third-order valence-corrected chi connectivity index (χ3v) is 9.08. The fourth-order valence-corrected chi connectivity index (χ4v) is 8.01. The largest absolute Gasteiger partial charge is 0.350 e. The second-order valence-electron chi connectivity index (χ2n) is 9.20. The van der Waals surface area contributed by atoms with Gasteiger partial charge in [-0.05, 0) is 75.5 Å². The molecule has 5 rings (SSSR count). The van der Waals surface area contributed by atoms with E-state index in [9.17, 15) is 13.2 Å². The number of nitrogens with one attached hydrogen (secondary N) is 1. The van der Waals surface area contributed by atoms with Gasteiger partial charge in [0.2, 0.25) is 15.9 Å². The fraction of sp³-hybridized carbons (Fsp3) is 0.947. The van der Waals surface area contributed by atoms with Gasteiger partial charge >= 0.3 is 0 Å². The number of hydrogen-bond donors (Lipinski definition) is 1. The maximum Gasteiger partial charge on any atom is 0.224 e. The van der Waals surface area contributed by atoms with E-state index in [1.54, 1.807) is 4.31 Å². The van der Waals surface area contributed by atoms with E-state index in [1.807, 2.05) is 6.92 Å². The van der Waals surface area contributed by atoms with E-state index in [2.05, 4.69) is 5.32 Å². The van der Waals surface area contributed by atoms with E-state index >= 15 is 0 Å². The first-order valence-electron chi connectivity index (χ1n) is 10.2. The van der Waals surface area contributed by atoms with E-state index in [0.29, 0.717) is 19.5 Å². The van der Waals surface area contributed by atoms with Crippen molar-refractivity contribution < 1.29 is 13.2 Å². The molecule has 4 aliphatic carbocycles. The molecule has 6 heteroatoms. The zero-order chi connectivity index (χ0) is 17.7. The maximum absolute atomic E-state index is 13.0. The third-order valence-electron chi connectivity index (χ3n) is 7.04. The molecule has 1 atom stereocenters. The molecule has 1 heterocycles. The zero-order valence-corrected chi connectivity index (χ0v) is 16.2. The predicted molar refractivity (Wildman–Crippen MR) is 97.4 cm³/mol. The highest BCUT2D eigenvalue weighted by atomic mass is 32.2. The molecule has 0 radical (unpaired) electrons. The number of carbonyl (C=O) groups excluding carboxylic acids is 1. The molecule has 142 valence electrons. The molecular formula is C19H32N2O3S. The van der Waals surface area contributed by atoms with Crippen LogP contribution in [0.2, 0.25) is 0 Å². The second-order valence-corrected chi connectivity index (χ2v) is 11.3. The van der Waals surface area contributed by atoms with Crippen molar-refractivity contribution >= 4 is 15.9 Å². The van der Waals surface area contributed by atoms with Crippen molar-refractivity contribution in [1.82, 2.24) is 9.62 Å². The molecule has 4 saturated carbocycles. The quantitative estimate of drug-likeness (QED) is 0.811. The van der Waals surface area contributed by atoms with Crippen LogP contribution in [-0.4, -0.2) is 43.0 Å². The van der Waals surface area contributed by atoms with Crippen molar-refractivity contribution in [2.24, 2.45) is 23.7 Å². The lowest BCUT2D eigenvalue weighted by molar-refractivity contribution is -0.131. The summed E-state index contributed by atoms with van der Waals surface area (Å²) in [5.41, 5.74) is 0.0242. The van der Waals surface area contributed by atoms with Crippen LogP contribution in [0.4, 0.5) is 0 Å². The van der Waals surface area contributed by atoms with Crippen LogP contribution in [0.25, 0.3) is 0 Å². The Labute approximate surface area is 152 Å². The van der Waals surface area contributed by atoms with Crippen LogP contribution >= 0.6 is 0 Å². The van der Waals surface area contributed by atoms with Crippen LogP contribution in [-0.2, 0) is 14.8 Å². The average Bonchev–Trinajstić information content (AvgIpc) is 2.53. The molecule has 25 heavy (non-hydrogen) atoms. The monoisotopic (exact) mass is 368 g/mol. The number of rotatable bonds is 5. The summed E-state index contributed by atoms with van der Waals surface area (Å²) in [6.07, 6.45) is 9.77. The van der Waals surface area contributed by atoms with Gasteiger partial charge in [0.25, 0.3) is 0 Å². The Balaban J connectivity index is 1.41. The van der Waals surface area contributed by atoms with Gasteiger partial charge in [0.05, 0.1) is 11.7 Å². The lowest BCUT2D eigenvalue weighted by Crippen LogP contribution is -2.61. The fourth-order valence-electron chi connectivity index (χ4n) is 6.42. The van der Waals surface area contributed by atoms with Crippen LogP contribution in [0.5, 0.6) is 0 Å². The molecule has 0 unspecified atom stereocenters. The smallest absolute Gasteiger partial charge is 0.224 e. The molecule has 0 aromatic heterocycles. The van der Waals surface area contributed by atoms with Crippen LogP contribution in [0.15, 0.2) is 0 Å². The summed E-state index contributed by atoms with van der Waals surface area (Å²) in [5, 5.41) is 3.44. The maximum atomic E-state index is 13.0. The lowest BCUT2D eigenvalue weighted by atomic mass is 9.53. The van der Waals surface area contributed by atoms with Gasteiger partial charge < -0.3 is 5.32 Å². The Morgan fingerprint density at radius 2 is 1.72 bits per heavy atom. The molecule has 4 bridgehead atoms. The lowest BCUT2D eigenvalue weighted by Gasteiger charge is -2.57. The minimum absolute atomic E-state index is 0.0242. The molecule has 1 saturated heterocycles. The van der Waals surface area contributed by atoms with Crippen LogP contribution in [0.3, 0.4) is 0 Å². The number of carbonyl (C=O) groups is 1. The summed E-state index contributed by atoms with van der Waals surface area (Å²) in [7, 11) is -3.20. The number of nitrogens with zero attached hydrogens (tertiary/aromatic N) is 1. The van der Waals surface area contributed by atoms with Crippen molar-refractivity contribution in [1.29, 1.82) is 0 Å². The second kappa shape index (κ2) is 6.52. The first-order chi connectivity index (χ1) is 11.9. The van der Waals surface area contributed by atoms with E-state index in [1.165, 1.54) is 19.3 Å². The van der Waals surface area contributed by atoms with Gasteiger partial charge in [-0.15, -0.1) is 0 Å². The van der Waals surface area contributed by atoms with Crippen molar-refractivity contribution in [2.75, 3.05) is 18.8 Å². The van der Waals surface area contributed by atoms with Gasteiger partial charge in [0.1, 0.15) is 0 Å². The van der Waals surface area contributed by atoms with Crippen molar-refractivity contribution in [3.63, 3.8) is 0 Å². The molecule has 5 nitrogen and oxygen atoms in total. The minimum atomic E-state index is -3.20. The van der Waals surface area contributed by atoms with Crippen LogP contribution < -0.4 is 5.32 Å². The molecule has 0 aromatic rings. The highest BCUT2D eigenvalue weighted by molar-refractivity contribution is 7.89. The Morgan fingerprint density at radius 3 is 2.28 bits per heavy atom. The van der Waals surface area contributed by atoms with E-state index in [4.69, 9.17) is 0 Å². The first-order valence-corrected chi connectivity index (χ1v) is 11.8. The number of hydrogen-bond acceptors (Lipinski definition) is 3. The molecule has 1 N–H and O–H groups in total. The molecule has 0 aromatic carbocycles. The van der Waals surface area contributed by atoms with Gasteiger partial charge in [0.15, 0.2) is 0 Å². The minimum Gasteiger partial charge on any atom is -0.350 e. The zero-order valence-electron chi connectivity index (χ0n) is 15.4. The summed E-state index contributed by atoms with van der Waals surface area (Å²) in [5.74, 6) is 2.54. The van der Waals surface area contributed by atoms with Crippen molar-refractivity contribution in [2.45, 2.75) is 70.3 Å². The molecule has 1 amide bonds. The Morgan fingerprint density at radius 1 is 1.12 bits per heavy atom. The SMILES string of the molecule is CCCS(=O)(=O)N1CCC[C@@H](C(=O)NC23CC4CC(CC(C4)C2)C3)C1. The molecule has 0 spiro atoms. The number of sulfonamides is 1. The number of piperidine rings is 1. The molecule has 5 fully saturated rings. The van der Waals surface area contributed by atoms with Crippen molar-refractivity contribution in [3.8, 4) is 0 Å². The third kappa shape index (κ3) is 3.48. The van der Waals surface area contributed by atoms with Gasteiger partial charge in [-0.25, -0.2) is 12.7 Å². The van der Waals surface area contributed by atoms with Gasteiger partial charge in [-0.2, -0.15) is 0 Å². The Hall–Kier alpha value is -0.620. The molecule has 1 aliphatic heterocycles. The highest BCUT2D eigenvalue weighted by Crippen LogP contribution is 2.55. The summed E-state index contributed by atoms with van der Waals surface area (Å²) in [6.45, 7) is 2.84. The predicted octanol–water partition coefficient (Wildman–Crippen LogP) is 2.52. The standard InChI is InChI=1S/C19H32N2O3S/c1-2-6-25(23,24)21-5-3-4-17(13-21)18(22)20-19-10-14-7-15(11-19)9-16(8-14)12-19/h14-17H,2-13H2,1H3,(H,20,22)/t14?,15?,16?,17-,19?/m1/s1. The Kier molecular flexibility index (Phi) is 4.64. The molecule has 5 aliphatic rings. The highest BCUT2D eigenvalue weighted by Gasteiger charge is 2.52. The van der Waals surface area contributed by atoms with Gasteiger partial charge in [-0.3, -0.25) is 4.79 Å². The topological polar surface area (TPSA) is 66.5 Å². The summed E-state index contributed by atoms with van der Waals surface area (Å²) in [4.78, 5) is 13.0. The van der Waals surface area contributed by atoms with E-state index in [0.717, 1.165) is 49.9 Å².